The van der Waals surface area contributed by atoms with Crippen molar-refractivity contribution in [3.63, 3.8) is 0 Å². The van der Waals surface area contributed by atoms with Crippen LogP contribution in [0.5, 0.6) is 0 Å². The van der Waals surface area contributed by atoms with Gasteiger partial charge in [-0.15, -0.1) is 0 Å². The zero-order valence-electron chi connectivity index (χ0n) is 12.4. The van der Waals surface area contributed by atoms with Crippen LogP contribution in [0.3, 0.4) is 0 Å². The minimum absolute atomic E-state index is 0.496. The molecule has 0 aromatic heterocycles. The van der Waals surface area contributed by atoms with Crippen LogP contribution < -0.4 is 5.32 Å². The van der Waals surface area contributed by atoms with Crippen molar-refractivity contribution in [1.29, 1.82) is 0 Å². The first-order valence-electron chi connectivity index (χ1n) is 7.26. The average Bonchev–Trinajstić information content (AvgIpc) is 2.28. The molecule has 1 rings (SSSR count). The van der Waals surface area contributed by atoms with Crippen LogP contribution in [-0.4, -0.2) is 24.6 Å². The normalized spacial score (nSPS) is 30.5. The summed E-state index contributed by atoms with van der Waals surface area (Å²) in [4.78, 5) is 0. The molecular weight excluding hydrogens is 226 g/mol. The van der Waals surface area contributed by atoms with Gasteiger partial charge < -0.3 is 5.32 Å². The molecule has 1 aliphatic carbocycles. The van der Waals surface area contributed by atoms with E-state index in [1.54, 1.807) is 0 Å². The van der Waals surface area contributed by atoms with Gasteiger partial charge in [0.1, 0.15) is 0 Å². The lowest BCUT2D eigenvalue weighted by Gasteiger charge is -2.44. The highest BCUT2D eigenvalue weighted by molar-refractivity contribution is 7.99. The lowest BCUT2D eigenvalue weighted by atomic mass is 9.65. The number of thioether (sulfide) groups is 1. The molecule has 0 spiro atoms. The van der Waals surface area contributed by atoms with E-state index < -0.39 is 0 Å². The van der Waals surface area contributed by atoms with Crippen LogP contribution in [0, 0.1) is 17.3 Å². The lowest BCUT2D eigenvalue weighted by Crippen LogP contribution is -2.45. The summed E-state index contributed by atoms with van der Waals surface area (Å²) in [5.74, 6) is 4.35. The van der Waals surface area contributed by atoms with Gasteiger partial charge >= 0.3 is 0 Å². The Morgan fingerprint density at radius 2 is 2.00 bits per heavy atom. The molecule has 0 aromatic carbocycles. The van der Waals surface area contributed by atoms with E-state index in [4.69, 9.17) is 0 Å². The van der Waals surface area contributed by atoms with Crippen LogP contribution in [0.2, 0.25) is 0 Å². The minimum Gasteiger partial charge on any atom is -0.317 e. The van der Waals surface area contributed by atoms with Gasteiger partial charge in [0.05, 0.1) is 0 Å². The maximum atomic E-state index is 3.57. The predicted molar refractivity (Wildman–Crippen MR) is 80.7 cm³/mol. The van der Waals surface area contributed by atoms with Crippen molar-refractivity contribution >= 4 is 11.8 Å². The van der Waals surface area contributed by atoms with Gasteiger partial charge in [-0.25, -0.2) is 0 Å². The van der Waals surface area contributed by atoms with Crippen molar-refractivity contribution in [2.45, 2.75) is 59.4 Å². The zero-order chi connectivity index (χ0) is 12.9. The van der Waals surface area contributed by atoms with Crippen LogP contribution in [0.25, 0.3) is 0 Å². The molecule has 102 valence electrons. The van der Waals surface area contributed by atoms with Gasteiger partial charge in [0.25, 0.3) is 0 Å². The fraction of sp³-hybridized carbons (Fsp3) is 1.00. The fourth-order valence-corrected chi connectivity index (χ4v) is 4.26. The van der Waals surface area contributed by atoms with Crippen molar-refractivity contribution in [2.75, 3.05) is 18.6 Å². The number of hydrogen-bond acceptors (Lipinski definition) is 2. The lowest BCUT2D eigenvalue weighted by molar-refractivity contribution is 0.0956. The highest BCUT2D eigenvalue weighted by atomic mass is 32.2. The largest absolute Gasteiger partial charge is 0.317 e. The summed E-state index contributed by atoms with van der Waals surface area (Å²) in [5, 5.41) is 3.57. The van der Waals surface area contributed by atoms with E-state index in [-0.39, 0.29) is 0 Å². The van der Waals surface area contributed by atoms with Gasteiger partial charge in [-0.1, -0.05) is 34.1 Å². The van der Waals surface area contributed by atoms with E-state index in [0.29, 0.717) is 5.41 Å². The molecular formula is C15H31NS. The molecule has 3 unspecified atom stereocenters. The van der Waals surface area contributed by atoms with Gasteiger partial charge in [-0.3, -0.25) is 0 Å². The van der Waals surface area contributed by atoms with E-state index in [0.717, 1.165) is 17.9 Å². The van der Waals surface area contributed by atoms with Crippen LogP contribution in [-0.2, 0) is 0 Å². The minimum atomic E-state index is 0.496. The highest BCUT2D eigenvalue weighted by Gasteiger charge is 2.37. The summed E-state index contributed by atoms with van der Waals surface area (Å²) in [6.07, 6.45) is 5.57. The van der Waals surface area contributed by atoms with E-state index in [2.05, 4.69) is 51.8 Å². The Balaban J connectivity index is 2.55. The molecule has 1 N–H and O–H groups in total. The fourth-order valence-electron chi connectivity index (χ4n) is 3.30. The molecule has 0 radical (unpaired) electrons. The van der Waals surface area contributed by atoms with E-state index in [1.165, 1.54) is 37.2 Å². The molecule has 0 bridgehead atoms. The van der Waals surface area contributed by atoms with Crippen molar-refractivity contribution in [2.24, 2.45) is 17.3 Å². The standard InChI is InChI=1S/C15H31NS/c1-6-17-10-9-15(3,4)13-8-7-12(2)11-14(13)16-5/h12-14,16H,6-11H2,1-5H3. The summed E-state index contributed by atoms with van der Waals surface area (Å²) >= 11 is 2.09. The molecule has 1 saturated carbocycles. The first-order chi connectivity index (χ1) is 8.01. The molecule has 1 nitrogen and oxygen atoms in total. The summed E-state index contributed by atoms with van der Waals surface area (Å²) < 4.78 is 0. The second-order valence-corrected chi connectivity index (χ2v) is 7.75. The van der Waals surface area contributed by atoms with Gasteiger partial charge in [-0.2, -0.15) is 11.8 Å². The second kappa shape index (κ2) is 7.04. The quantitative estimate of drug-likeness (QED) is 0.716. The first kappa shape index (κ1) is 15.4. The van der Waals surface area contributed by atoms with Gasteiger partial charge in [0.15, 0.2) is 0 Å². The third-order valence-electron chi connectivity index (χ3n) is 4.58. The van der Waals surface area contributed by atoms with Gasteiger partial charge in [0, 0.05) is 6.04 Å². The van der Waals surface area contributed by atoms with Crippen molar-refractivity contribution in [3.05, 3.63) is 0 Å². The number of hydrogen-bond donors (Lipinski definition) is 1. The summed E-state index contributed by atoms with van der Waals surface area (Å²) in [5.41, 5.74) is 0.496. The zero-order valence-corrected chi connectivity index (χ0v) is 13.2. The maximum Gasteiger partial charge on any atom is 0.00999 e. The van der Waals surface area contributed by atoms with E-state index in [1.807, 2.05) is 0 Å². The molecule has 2 heteroatoms. The highest BCUT2D eigenvalue weighted by Crippen LogP contribution is 2.42. The van der Waals surface area contributed by atoms with Crippen LogP contribution >= 0.6 is 11.8 Å². The van der Waals surface area contributed by atoms with E-state index >= 15 is 0 Å². The Hall–Kier alpha value is 0.310. The van der Waals surface area contributed by atoms with Crippen LogP contribution in [0.4, 0.5) is 0 Å². The Bertz CT molecular complexity index is 215. The van der Waals surface area contributed by atoms with E-state index in [9.17, 15) is 0 Å². The Labute approximate surface area is 113 Å². The summed E-state index contributed by atoms with van der Waals surface area (Å²) in [6.45, 7) is 9.62. The SMILES string of the molecule is CCSCCC(C)(C)C1CCC(C)CC1NC. The molecule has 3 atom stereocenters. The molecule has 0 aromatic rings. The third kappa shape index (κ3) is 4.48. The molecule has 1 fully saturated rings. The van der Waals surface area contributed by atoms with Crippen molar-refractivity contribution < 1.29 is 0 Å². The first-order valence-corrected chi connectivity index (χ1v) is 8.41. The van der Waals surface area contributed by atoms with Gasteiger partial charge in [-0.05, 0) is 55.1 Å². The average molecular weight is 257 g/mol. The number of nitrogens with one attached hydrogen (secondary N) is 1. The molecule has 1 aliphatic rings. The Morgan fingerprint density at radius 3 is 2.59 bits per heavy atom. The molecule has 0 heterocycles. The van der Waals surface area contributed by atoms with Gasteiger partial charge in [0.2, 0.25) is 0 Å². The molecule has 0 amide bonds. The molecule has 0 saturated heterocycles. The number of rotatable bonds is 6. The topological polar surface area (TPSA) is 12.0 Å². The van der Waals surface area contributed by atoms with Crippen molar-refractivity contribution in [3.8, 4) is 0 Å². The Morgan fingerprint density at radius 1 is 1.29 bits per heavy atom. The van der Waals surface area contributed by atoms with Crippen LogP contribution in [0.15, 0.2) is 0 Å². The maximum absolute atomic E-state index is 3.57. The second-order valence-electron chi connectivity index (χ2n) is 6.36. The summed E-state index contributed by atoms with van der Waals surface area (Å²) in [6, 6.07) is 0.736. The summed E-state index contributed by atoms with van der Waals surface area (Å²) in [7, 11) is 2.15. The monoisotopic (exact) mass is 257 g/mol. The third-order valence-corrected chi connectivity index (χ3v) is 5.48. The molecule has 0 aliphatic heterocycles. The Kier molecular flexibility index (Phi) is 6.36. The predicted octanol–water partition coefficient (Wildman–Crippen LogP) is 4.18. The van der Waals surface area contributed by atoms with Crippen LogP contribution in [0.1, 0.15) is 53.4 Å². The van der Waals surface area contributed by atoms with Crippen molar-refractivity contribution in [1.82, 2.24) is 5.32 Å². The molecule has 17 heavy (non-hydrogen) atoms. The smallest absolute Gasteiger partial charge is 0.00999 e.